The minimum absolute atomic E-state index is 0.480. The number of ether oxygens (including phenoxy) is 2. The van der Waals surface area contributed by atoms with Crippen LogP contribution in [0.25, 0.3) is 0 Å². The highest BCUT2D eigenvalue weighted by Gasteiger charge is 2.07. The van der Waals surface area contributed by atoms with Crippen LogP contribution in [0.15, 0.2) is 24.3 Å². The molecule has 1 aromatic carbocycles. The first kappa shape index (κ1) is 13.0. The molecule has 0 aromatic heterocycles. The minimum Gasteiger partial charge on any atom is -0.494 e. The van der Waals surface area contributed by atoms with E-state index < -0.39 is 6.10 Å². The molecule has 0 fully saturated rings. The van der Waals surface area contributed by atoms with Crippen LogP contribution in [0.3, 0.4) is 0 Å². The van der Waals surface area contributed by atoms with E-state index in [0.29, 0.717) is 26.2 Å². The molecule has 0 radical (unpaired) electrons. The standard InChI is InChI=1S/C13H20O3/c1-3-15-9-8-13(14)11-6-5-7-12(10-11)16-4-2/h5-7,10,13-14H,3-4,8-9H2,1-2H3. The maximum Gasteiger partial charge on any atom is 0.119 e. The molecule has 1 atom stereocenters. The van der Waals surface area contributed by atoms with E-state index in [9.17, 15) is 5.11 Å². The lowest BCUT2D eigenvalue weighted by Crippen LogP contribution is -2.03. The number of benzene rings is 1. The van der Waals surface area contributed by atoms with Crippen LogP contribution < -0.4 is 4.74 Å². The van der Waals surface area contributed by atoms with Crippen LogP contribution in [0.1, 0.15) is 31.9 Å². The second kappa shape index (κ2) is 7.25. The second-order valence-corrected chi connectivity index (χ2v) is 3.51. The summed E-state index contributed by atoms with van der Waals surface area (Å²) in [5.41, 5.74) is 0.880. The molecule has 16 heavy (non-hydrogen) atoms. The molecule has 1 aromatic rings. The molecule has 0 aliphatic heterocycles. The zero-order valence-corrected chi connectivity index (χ0v) is 9.98. The van der Waals surface area contributed by atoms with Crippen LogP contribution in [-0.2, 0) is 4.74 Å². The quantitative estimate of drug-likeness (QED) is 0.723. The van der Waals surface area contributed by atoms with Crippen molar-refractivity contribution in [2.75, 3.05) is 19.8 Å². The smallest absolute Gasteiger partial charge is 0.119 e. The van der Waals surface area contributed by atoms with Crippen LogP contribution in [0.4, 0.5) is 0 Å². The highest BCUT2D eigenvalue weighted by atomic mass is 16.5. The van der Waals surface area contributed by atoms with Crippen molar-refractivity contribution in [3.05, 3.63) is 29.8 Å². The van der Waals surface area contributed by atoms with Gasteiger partial charge in [0.05, 0.1) is 12.7 Å². The predicted molar refractivity (Wildman–Crippen MR) is 63.7 cm³/mol. The second-order valence-electron chi connectivity index (χ2n) is 3.51. The molecule has 3 heteroatoms. The molecule has 0 saturated carbocycles. The van der Waals surface area contributed by atoms with E-state index in [2.05, 4.69) is 0 Å². The van der Waals surface area contributed by atoms with Crippen molar-refractivity contribution in [1.82, 2.24) is 0 Å². The van der Waals surface area contributed by atoms with Crippen LogP contribution in [0.2, 0.25) is 0 Å². The summed E-state index contributed by atoms with van der Waals surface area (Å²) >= 11 is 0. The minimum atomic E-state index is -0.480. The number of hydrogen-bond acceptors (Lipinski definition) is 3. The summed E-state index contributed by atoms with van der Waals surface area (Å²) in [4.78, 5) is 0. The van der Waals surface area contributed by atoms with Crippen molar-refractivity contribution in [2.45, 2.75) is 26.4 Å². The zero-order valence-electron chi connectivity index (χ0n) is 9.98. The molecule has 0 bridgehead atoms. The van der Waals surface area contributed by atoms with Gasteiger partial charge in [-0.25, -0.2) is 0 Å². The zero-order chi connectivity index (χ0) is 11.8. The number of aliphatic hydroxyl groups is 1. The van der Waals surface area contributed by atoms with Gasteiger partial charge >= 0.3 is 0 Å². The first-order valence-corrected chi connectivity index (χ1v) is 5.76. The maximum absolute atomic E-state index is 9.90. The van der Waals surface area contributed by atoms with Crippen LogP contribution in [0, 0.1) is 0 Å². The normalized spacial score (nSPS) is 12.4. The van der Waals surface area contributed by atoms with Gasteiger partial charge in [-0.1, -0.05) is 12.1 Å². The molecule has 0 saturated heterocycles. The van der Waals surface area contributed by atoms with Crippen molar-refractivity contribution in [2.24, 2.45) is 0 Å². The van der Waals surface area contributed by atoms with Gasteiger partial charge in [0, 0.05) is 19.6 Å². The molecule has 0 aliphatic rings. The lowest BCUT2D eigenvalue weighted by molar-refractivity contribution is 0.0884. The van der Waals surface area contributed by atoms with Gasteiger partial charge in [-0.3, -0.25) is 0 Å². The first-order valence-electron chi connectivity index (χ1n) is 5.76. The summed E-state index contributed by atoms with van der Waals surface area (Å²) in [5, 5.41) is 9.90. The van der Waals surface area contributed by atoms with E-state index in [0.717, 1.165) is 11.3 Å². The molecule has 0 spiro atoms. The fourth-order valence-corrected chi connectivity index (χ4v) is 1.48. The molecule has 0 amide bonds. The Morgan fingerprint density at radius 2 is 2.06 bits per heavy atom. The largest absolute Gasteiger partial charge is 0.494 e. The van der Waals surface area contributed by atoms with Crippen LogP contribution in [0.5, 0.6) is 5.75 Å². The van der Waals surface area contributed by atoms with E-state index in [1.54, 1.807) is 0 Å². The Bertz CT molecular complexity index is 299. The topological polar surface area (TPSA) is 38.7 Å². The molecule has 1 rings (SSSR count). The summed E-state index contributed by atoms with van der Waals surface area (Å²) < 4.78 is 10.6. The van der Waals surface area contributed by atoms with Gasteiger partial charge in [-0.15, -0.1) is 0 Å². The maximum atomic E-state index is 9.90. The predicted octanol–water partition coefficient (Wildman–Crippen LogP) is 2.55. The van der Waals surface area contributed by atoms with Crippen molar-refractivity contribution < 1.29 is 14.6 Å². The summed E-state index contributed by atoms with van der Waals surface area (Å²) in [7, 11) is 0. The summed E-state index contributed by atoms with van der Waals surface area (Å²) in [5.74, 6) is 0.801. The number of hydrogen-bond donors (Lipinski definition) is 1. The summed E-state index contributed by atoms with van der Waals surface area (Å²) in [6.45, 7) is 5.79. The Labute approximate surface area is 97.0 Å². The van der Waals surface area contributed by atoms with E-state index >= 15 is 0 Å². The molecule has 1 unspecified atom stereocenters. The van der Waals surface area contributed by atoms with Gasteiger partial charge in [-0.2, -0.15) is 0 Å². The van der Waals surface area contributed by atoms with Gasteiger partial charge < -0.3 is 14.6 Å². The fourth-order valence-electron chi connectivity index (χ4n) is 1.48. The van der Waals surface area contributed by atoms with E-state index in [1.165, 1.54) is 0 Å². The molecule has 0 heterocycles. The highest BCUT2D eigenvalue weighted by molar-refractivity contribution is 5.29. The number of aliphatic hydroxyl groups excluding tert-OH is 1. The fraction of sp³-hybridized carbons (Fsp3) is 0.538. The third-order valence-corrected chi connectivity index (χ3v) is 2.29. The Balaban J connectivity index is 2.53. The van der Waals surface area contributed by atoms with Crippen molar-refractivity contribution in [3.8, 4) is 5.75 Å². The van der Waals surface area contributed by atoms with E-state index in [-0.39, 0.29) is 0 Å². The van der Waals surface area contributed by atoms with Gasteiger partial charge in [-0.05, 0) is 31.5 Å². The average molecular weight is 224 g/mol. The molecule has 0 aliphatic carbocycles. The Kier molecular flexibility index (Phi) is 5.90. The Morgan fingerprint density at radius 3 is 2.75 bits per heavy atom. The first-order chi connectivity index (χ1) is 7.77. The van der Waals surface area contributed by atoms with Crippen molar-refractivity contribution in [1.29, 1.82) is 0 Å². The monoisotopic (exact) mass is 224 g/mol. The lowest BCUT2D eigenvalue weighted by atomic mass is 10.1. The van der Waals surface area contributed by atoms with Gasteiger partial charge in [0.2, 0.25) is 0 Å². The third kappa shape index (κ3) is 4.21. The average Bonchev–Trinajstić information content (AvgIpc) is 2.30. The van der Waals surface area contributed by atoms with Gasteiger partial charge in [0.25, 0.3) is 0 Å². The van der Waals surface area contributed by atoms with Crippen molar-refractivity contribution in [3.63, 3.8) is 0 Å². The Morgan fingerprint density at radius 1 is 1.25 bits per heavy atom. The summed E-state index contributed by atoms with van der Waals surface area (Å²) in [6.07, 6.45) is 0.135. The molecule has 1 N–H and O–H groups in total. The molecular weight excluding hydrogens is 204 g/mol. The molecule has 3 nitrogen and oxygen atoms in total. The highest BCUT2D eigenvalue weighted by Crippen LogP contribution is 2.21. The SMILES string of the molecule is CCOCCC(O)c1cccc(OCC)c1. The van der Waals surface area contributed by atoms with Gasteiger partial charge in [0.1, 0.15) is 5.75 Å². The molecular formula is C13H20O3. The Hall–Kier alpha value is -1.06. The molecule has 90 valence electrons. The lowest BCUT2D eigenvalue weighted by Gasteiger charge is -2.12. The van der Waals surface area contributed by atoms with Crippen molar-refractivity contribution >= 4 is 0 Å². The van der Waals surface area contributed by atoms with Gasteiger partial charge in [0.15, 0.2) is 0 Å². The van der Waals surface area contributed by atoms with E-state index in [1.807, 2.05) is 38.1 Å². The summed E-state index contributed by atoms with van der Waals surface area (Å²) in [6, 6.07) is 7.56. The van der Waals surface area contributed by atoms with Crippen LogP contribution >= 0.6 is 0 Å². The van der Waals surface area contributed by atoms with E-state index in [4.69, 9.17) is 9.47 Å². The van der Waals surface area contributed by atoms with Crippen LogP contribution in [-0.4, -0.2) is 24.9 Å². The number of rotatable bonds is 7. The third-order valence-electron chi connectivity index (χ3n) is 2.29.